The van der Waals surface area contributed by atoms with Gasteiger partial charge in [0.05, 0.1) is 6.61 Å². The first-order valence-electron chi connectivity index (χ1n) is 2.74. The average molecular weight is 130 g/mol. The van der Waals surface area contributed by atoms with E-state index in [4.69, 9.17) is 5.11 Å². The quantitative estimate of drug-likeness (QED) is 0.359. The zero-order valence-corrected chi connectivity index (χ0v) is 5.33. The van der Waals surface area contributed by atoms with E-state index in [1.54, 1.807) is 0 Å². The van der Waals surface area contributed by atoms with Crippen molar-refractivity contribution in [3.05, 3.63) is 12.2 Å². The van der Waals surface area contributed by atoms with E-state index in [0.29, 0.717) is 6.42 Å². The van der Waals surface area contributed by atoms with Crippen molar-refractivity contribution in [2.24, 2.45) is 0 Å². The van der Waals surface area contributed by atoms with Crippen molar-refractivity contribution in [2.45, 2.75) is 13.3 Å². The van der Waals surface area contributed by atoms with Crippen molar-refractivity contribution in [3.8, 4) is 0 Å². The zero-order valence-electron chi connectivity index (χ0n) is 5.33. The van der Waals surface area contributed by atoms with Gasteiger partial charge in [-0.05, 0) is 13.3 Å². The third-order valence-electron chi connectivity index (χ3n) is 0.746. The first-order valence-corrected chi connectivity index (χ1v) is 2.74. The number of carbonyl (C=O) groups is 1. The molecule has 0 aliphatic carbocycles. The van der Waals surface area contributed by atoms with Crippen molar-refractivity contribution < 1.29 is 14.6 Å². The Kier molecular flexibility index (Phi) is 4.59. The lowest BCUT2D eigenvalue weighted by molar-refractivity contribution is 0.0933. The van der Waals surface area contributed by atoms with Crippen molar-refractivity contribution in [1.82, 2.24) is 0 Å². The SMILES string of the molecule is CC=CCCOC(=O)O. The summed E-state index contributed by atoms with van der Waals surface area (Å²) in [6, 6.07) is 0. The van der Waals surface area contributed by atoms with Gasteiger partial charge in [0.2, 0.25) is 0 Å². The van der Waals surface area contributed by atoms with Crippen LogP contribution in [0, 0.1) is 0 Å². The second kappa shape index (κ2) is 5.15. The van der Waals surface area contributed by atoms with Gasteiger partial charge in [-0.1, -0.05) is 12.2 Å². The Hall–Kier alpha value is -0.990. The Bertz CT molecular complexity index is 107. The highest BCUT2D eigenvalue weighted by Gasteiger charge is 1.90. The number of carboxylic acid groups (broad SMARTS) is 1. The van der Waals surface area contributed by atoms with E-state index in [2.05, 4.69) is 4.74 Å². The Labute approximate surface area is 53.9 Å². The van der Waals surface area contributed by atoms with Crippen molar-refractivity contribution in [2.75, 3.05) is 6.61 Å². The minimum Gasteiger partial charge on any atom is -0.450 e. The fourth-order valence-electron chi connectivity index (χ4n) is 0.381. The minimum atomic E-state index is -1.21. The van der Waals surface area contributed by atoms with Gasteiger partial charge in [0.1, 0.15) is 0 Å². The maximum atomic E-state index is 9.72. The molecule has 0 saturated heterocycles. The fraction of sp³-hybridized carbons (Fsp3) is 0.500. The van der Waals surface area contributed by atoms with Crippen LogP contribution in [0.5, 0.6) is 0 Å². The molecule has 3 heteroatoms. The molecule has 9 heavy (non-hydrogen) atoms. The molecule has 0 aliphatic heterocycles. The van der Waals surface area contributed by atoms with Crippen LogP contribution in [0.25, 0.3) is 0 Å². The summed E-state index contributed by atoms with van der Waals surface area (Å²) in [4.78, 5) is 9.72. The first-order chi connectivity index (χ1) is 4.27. The van der Waals surface area contributed by atoms with Gasteiger partial charge in [-0.25, -0.2) is 4.79 Å². The molecule has 1 N–H and O–H groups in total. The molecule has 0 rings (SSSR count). The van der Waals surface area contributed by atoms with Crippen LogP contribution in [0.1, 0.15) is 13.3 Å². The predicted octanol–water partition coefficient (Wildman–Crippen LogP) is 1.65. The topological polar surface area (TPSA) is 46.5 Å². The van der Waals surface area contributed by atoms with Gasteiger partial charge < -0.3 is 9.84 Å². The zero-order chi connectivity index (χ0) is 7.11. The lowest BCUT2D eigenvalue weighted by Gasteiger charge is -1.93. The molecule has 0 bridgehead atoms. The molecule has 0 aromatic rings. The van der Waals surface area contributed by atoms with E-state index >= 15 is 0 Å². The van der Waals surface area contributed by atoms with E-state index in [1.807, 2.05) is 19.1 Å². The first kappa shape index (κ1) is 8.01. The van der Waals surface area contributed by atoms with Gasteiger partial charge >= 0.3 is 6.16 Å². The highest BCUT2D eigenvalue weighted by atomic mass is 16.7. The number of rotatable bonds is 3. The molecule has 0 aromatic heterocycles. The fourth-order valence-corrected chi connectivity index (χ4v) is 0.381. The molecule has 0 unspecified atom stereocenters. The van der Waals surface area contributed by atoms with E-state index in [9.17, 15) is 4.79 Å². The Morgan fingerprint density at radius 1 is 1.78 bits per heavy atom. The molecule has 0 aliphatic rings. The molecule has 0 radical (unpaired) electrons. The Morgan fingerprint density at radius 3 is 2.89 bits per heavy atom. The number of ether oxygens (including phenoxy) is 1. The van der Waals surface area contributed by atoms with E-state index in [0.717, 1.165) is 0 Å². The van der Waals surface area contributed by atoms with E-state index in [1.165, 1.54) is 0 Å². The average Bonchev–Trinajstić information content (AvgIpc) is 1.80. The predicted molar refractivity (Wildman–Crippen MR) is 33.4 cm³/mol. The monoisotopic (exact) mass is 130 g/mol. The molecule has 3 nitrogen and oxygen atoms in total. The van der Waals surface area contributed by atoms with Gasteiger partial charge in [-0.15, -0.1) is 0 Å². The summed E-state index contributed by atoms with van der Waals surface area (Å²) >= 11 is 0. The van der Waals surface area contributed by atoms with Crippen LogP contribution in [-0.2, 0) is 4.74 Å². The van der Waals surface area contributed by atoms with Gasteiger partial charge in [0, 0.05) is 0 Å². The molecule has 0 fully saturated rings. The summed E-state index contributed by atoms with van der Waals surface area (Å²) in [5.41, 5.74) is 0. The molecule has 52 valence electrons. The number of hydrogen-bond acceptors (Lipinski definition) is 2. The van der Waals surface area contributed by atoms with E-state index in [-0.39, 0.29) is 6.61 Å². The van der Waals surface area contributed by atoms with Crippen LogP contribution in [0.2, 0.25) is 0 Å². The molecule has 0 aromatic carbocycles. The highest BCUT2D eigenvalue weighted by Crippen LogP contribution is 1.84. The van der Waals surface area contributed by atoms with Crippen LogP contribution in [0.4, 0.5) is 4.79 Å². The van der Waals surface area contributed by atoms with Crippen LogP contribution < -0.4 is 0 Å². The summed E-state index contributed by atoms with van der Waals surface area (Å²) in [5, 5.41) is 7.97. The minimum absolute atomic E-state index is 0.250. The second-order valence-corrected chi connectivity index (χ2v) is 1.47. The van der Waals surface area contributed by atoms with E-state index < -0.39 is 6.16 Å². The maximum Gasteiger partial charge on any atom is 0.505 e. The van der Waals surface area contributed by atoms with Gasteiger partial charge in [-0.2, -0.15) is 0 Å². The summed E-state index contributed by atoms with van der Waals surface area (Å²) in [6.07, 6.45) is 3.15. The molecule has 0 spiro atoms. The third kappa shape index (κ3) is 7.01. The molecule has 0 heterocycles. The normalized spacial score (nSPS) is 9.89. The second-order valence-electron chi connectivity index (χ2n) is 1.47. The Morgan fingerprint density at radius 2 is 2.44 bits per heavy atom. The standard InChI is InChI=1S/C6H10O3/c1-2-3-4-5-9-6(7)8/h2-3H,4-5H2,1H3,(H,7,8). The van der Waals surface area contributed by atoms with Gasteiger partial charge in [0.15, 0.2) is 0 Å². The maximum absolute atomic E-state index is 9.72. The summed E-state index contributed by atoms with van der Waals surface area (Å²) < 4.78 is 4.21. The lowest BCUT2D eigenvalue weighted by atomic mass is 10.4. The summed E-state index contributed by atoms with van der Waals surface area (Å²) in [5.74, 6) is 0. The molecular formula is C6H10O3. The molecular weight excluding hydrogens is 120 g/mol. The third-order valence-corrected chi connectivity index (χ3v) is 0.746. The number of allylic oxidation sites excluding steroid dienone is 1. The van der Waals surface area contributed by atoms with Gasteiger partial charge in [-0.3, -0.25) is 0 Å². The van der Waals surface area contributed by atoms with Crippen molar-refractivity contribution >= 4 is 6.16 Å². The van der Waals surface area contributed by atoms with Crippen LogP contribution in [0.15, 0.2) is 12.2 Å². The smallest absolute Gasteiger partial charge is 0.450 e. The highest BCUT2D eigenvalue weighted by molar-refractivity contribution is 5.56. The molecule has 0 saturated carbocycles. The van der Waals surface area contributed by atoms with Crippen LogP contribution in [-0.4, -0.2) is 17.9 Å². The lowest BCUT2D eigenvalue weighted by Crippen LogP contribution is -2.00. The van der Waals surface area contributed by atoms with Crippen LogP contribution >= 0.6 is 0 Å². The molecule has 0 atom stereocenters. The largest absolute Gasteiger partial charge is 0.505 e. The Balaban J connectivity index is 3.01. The van der Waals surface area contributed by atoms with Gasteiger partial charge in [0.25, 0.3) is 0 Å². The van der Waals surface area contributed by atoms with Crippen molar-refractivity contribution in [1.29, 1.82) is 0 Å². The summed E-state index contributed by atoms with van der Waals surface area (Å²) in [6.45, 7) is 2.13. The molecule has 0 amide bonds. The van der Waals surface area contributed by atoms with Crippen LogP contribution in [0.3, 0.4) is 0 Å². The number of hydrogen-bond donors (Lipinski definition) is 1. The van der Waals surface area contributed by atoms with Crippen molar-refractivity contribution in [3.63, 3.8) is 0 Å². The summed E-state index contributed by atoms with van der Waals surface area (Å²) in [7, 11) is 0.